The molecule has 0 saturated carbocycles. The number of benzene rings is 1. The van der Waals surface area contributed by atoms with Gasteiger partial charge in [0.15, 0.2) is 0 Å². The first-order valence-corrected chi connectivity index (χ1v) is 8.63. The molecule has 2 aromatic rings. The van der Waals surface area contributed by atoms with E-state index in [0.29, 0.717) is 12.6 Å². The quantitative estimate of drug-likeness (QED) is 0.766. The predicted molar refractivity (Wildman–Crippen MR) is 92.8 cm³/mol. The van der Waals surface area contributed by atoms with Gasteiger partial charge in [-0.2, -0.15) is 0 Å². The molecular weight excluding hydrogens is 302 g/mol. The second-order valence-corrected chi connectivity index (χ2v) is 6.31. The van der Waals surface area contributed by atoms with Gasteiger partial charge in [0.1, 0.15) is 12.4 Å². The highest BCUT2D eigenvalue weighted by atomic mass is 16.5. The number of aryl methyl sites for hydroxylation is 1. The topological polar surface area (TPSA) is 47.4 Å². The van der Waals surface area contributed by atoms with Crippen molar-refractivity contribution in [1.82, 2.24) is 14.5 Å². The molecule has 0 radical (unpaired) electrons. The molecule has 0 N–H and O–H groups in total. The van der Waals surface area contributed by atoms with Crippen molar-refractivity contribution in [3.63, 3.8) is 0 Å². The van der Waals surface area contributed by atoms with Crippen molar-refractivity contribution >= 4 is 5.91 Å². The SMILES string of the molecule is Cc1nccn1[C@@H]1CCCN(C(=O)COCCc2ccccc2)C1. The second-order valence-electron chi connectivity index (χ2n) is 6.31. The van der Waals surface area contributed by atoms with Crippen molar-refractivity contribution < 1.29 is 9.53 Å². The van der Waals surface area contributed by atoms with Gasteiger partial charge in [-0.05, 0) is 31.7 Å². The maximum absolute atomic E-state index is 12.4. The lowest BCUT2D eigenvalue weighted by molar-refractivity contribution is -0.137. The van der Waals surface area contributed by atoms with Gasteiger partial charge in [0.2, 0.25) is 5.91 Å². The fourth-order valence-corrected chi connectivity index (χ4v) is 3.27. The summed E-state index contributed by atoms with van der Waals surface area (Å²) in [5.74, 6) is 1.10. The number of imidazole rings is 1. The summed E-state index contributed by atoms with van der Waals surface area (Å²) >= 11 is 0. The Labute approximate surface area is 143 Å². The van der Waals surface area contributed by atoms with Crippen molar-refractivity contribution in [2.75, 3.05) is 26.3 Å². The third-order valence-corrected chi connectivity index (χ3v) is 4.61. The molecule has 2 heterocycles. The third kappa shape index (κ3) is 4.23. The number of carbonyl (C=O) groups is 1. The molecular formula is C19H25N3O2. The zero-order valence-corrected chi connectivity index (χ0v) is 14.2. The monoisotopic (exact) mass is 327 g/mol. The summed E-state index contributed by atoms with van der Waals surface area (Å²) in [6, 6.07) is 10.5. The number of ether oxygens (including phenoxy) is 1. The average molecular weight is 327 g/mol. The van der Waals surface area contributed by atoms with Crippen molar-refractivity contribution in [2.45, 2.75) is 32.2 Å². The highest BCUT2D eigenvalue weighted by molar-refractivity contribution is 5.77. The van der Waals surface area contributed by atoms with E-state index >= 15 is 0 Å². The van der Waals surface area contributed by atoms with Gasteiger partial charge in [-0.25, -0.2) is 4.98 Å². The van der Waals surface area contributed by atoms with Crippen molar-refractivity contribution in [1.29, 1.82) is 0 Å². The van der Waals surface area contributed by atoms with Crippen LogP contribution < -0.4 is 0 Å². The van der Waals surface area contributed by atoms with Crippen molar-refractivity contribution in [3.05, 3.63) is 54.1 Å². The van der Waals surface area contributed by atoms with E-state index in [1.807, 2.05) is 42.4 Å². The number of piperidine rings is 1. The molecule has 0 unspecified atom stereocenters. The number of aromatic nitrogens is 2. The number of nitrogens with zero attached hydrogens (tertiary/aromatic N) is 3. The Morgan fingerprint density at radius 2 is 2.17 bits per heavy atom. The van der Waals surface area contributed by atoms with E-state index in [2.05, 4.69) is 21.7 Å². The summed E-state index contributed by atoms with van der Waals surface area (Å²) in [6.45, 7) is 4.33. The highest BCUT2D eigenvalue weighted by Crippen LogP contribution is 2.22. The van der Waals surface area contributed by atoms with Crippen LogP contribution in [0.3, 0.4) is 0 Å². The summed E-state index contributed by atoms with van der Waals surface area (Å²) < 4.78 is 7.77. The van der Waals surface area contributed by atoms with Crippen LogP contribution in [0.4, 0.5) is 0 Å². The van der Waals surface area contributed by atoms with Gasteiger partial charge in [-0.15, -0.1) is 0 Å². The van der Waals surface area contributed by atoms with Gasteiger partial charge >= 0.3 is 0 Å². The normalized spacial score (nSPS) is 17.9. The van der Waals surface area contributed by atoms with Crippen LogP contribution in [0.2, 0.25) is 0 Å². The molecule has 0 bridgehead atoms. The van der Waals surface area contributed by atoms with E-state index in [4.69, 9.17) is 4.74 Å². The first kappa shape index (κ1) is 16.7. The lowest BCUT2D eigenvalue weighted by Crippen LogP contribution is -2.42. The minimum absolute atomic E-state index is 0.0885. The Hall–Kier alpha value is -2.14. The number of hydrogen-bond donors (Lipinski definition) is 0. The van der Waals surface area contributed by atoms with Crippen LogP contribution >= 0.6 is 0 Å². The first-order chi connectivity index (χ1) is 11.7. The maximum atomic E-state index is 12.4. The van der Waals surface area contributed by atoms with E-state index < -0.39 is 0 Å². The van der Waals surface area contributed by atoms with E-state index in [1.54, 1.807) is 0 Å². The number of hydrogen-bond acceptors (Lipinski definition) is 3. The first-order valence-electron chi connectivity index (χ1n) is 8.63. The molecule has 1 aromatic heterocycles. The van der Waals surface area contributed by atoms with Crippen LogP contribution in [-0.2, 0) is 16.0 Å². The zero-order valence-electron chi connectivity index (χ0n) is 14.2. The Morgan fingerprint density at radius 1 is 1.33 bits per heavy atom. The third-order valence-electron chi connectivity index (χ3n) is 4.61. The number of rotatable bonds is 6. The molecule has 1 saturated heterocycles. The lowest BCUT2D eigenvalue weighted by atomic mass is 10.1. The minimum atomic E-state index is 0.0885. The van der Waals surface area contributed by atoms with Crippen LogP contribution in [-0.4, -0.2) is 46.7 Å². The fraction of sp³-hybridized carbons (Fsp3) is 0.474. The summed E-state index contributed by atoms with van der Waals surface area (Å²) in [5, 5.41) is 0. The summed E-state index contributed by atoms with van der Waals surface area (Å²) in [7, 11) is 0. The summed E-state index contributed by atoms with van der Waals surface area (Å²) in [5.41, 5.74) is 1.23. The smallest absolute Gasteiger partial charge is 0.248 e. The Kier molecular flexibility index (Phi) is 5.64. The predicted octanol–water partition coefficient (Wildman–Crippen LogP) is 2.61. The molecule has 1 amide bonds. The summed E-state index contributed by atoms with van der Waals surface area (Å²) in [6.07, 6.45) is 6.78. The molecule has 0 spiro atoms. The molecule has 0 aliphatic carbocycles. The molecule has 5 nitrogen and oxygen atoms in total. The van der Waals surface area contributed by atoms with Crippen LogP contribution in [0.15, 0.2) is 42.7 Å². The minimum Gasteiger partial charge on any atom is -0.371 e. The number of likely N-dealkylation sites (tertiary alicyclic amines) is 1. The van der Waals surface area contributed by atoms with Gasteiger partial charge in [-0.3, -0.25) is 4.79 Å². The molecule has 128 valence electrons. The molecule has 5 heteroatoms. The van der Waals surface area contributed by atoms with Crippen LogP contribution in [0.5, 0.6) is 0 Å². The standard InChI is InChI=1S/C19H25N3O2/c1-16-20-10-12-22(16)18-8-5-11-21(14-18)19(23)15-24-13-9-17-6-3-2-4-7-17/h2-4,6-7,10,12,18H,5,8-9,11,13-15H2,1H3/t18-/m1/s1. The van der Waals surface area contributed by atoms with E-state index in [-0.39, 0.29) is 12.5 Å². The molecule has 1 aromatic carbocycles. The van der Waals surface area contributed by atoms with Gasteiger partial charge < -0.3 is 14.2 Å². The van der Waals surface area contributed by atoms with Gasteiger partial charge in [0.25, 0.3) is 0 Å². The van der Waals surface area contributed by atoms with Crippen LogP contribution in [0, 0.1) is 6.92 Å². The average Bonchev–Trinajstić information content (AvgIpc) is 3.05. The van der Waals surface area contributed by atoms with Crippen molar-refractivity contribution in [3.8, 4) is 0 Å². The molecule has 24 heavy (non-hydrogen) atoms. The van der Waals surface area contributed by atoms with Crippen LogP contribution in [0.25, 0.3) is 0 Å². The molecule has 1 fully saturated rings. The summed E-state index contributed by atoms with van der Waals surface area (Å²) in [4.78, 5) is 18.6. The fourth-order valence-electron chi connectivity index (χ4n) is 3.27. The zero-order chi connectivity index (χ0) is 16.8. The van der Waals surface area contributed by atoms with Crippen molar-refractivity contribution in [2.24, 2.45) is 0 Å². The number of amides is 1. The Morgan fingerprint density at radius 3 is 2.92 bits per heavy atom. The largest absolute Gasteiger partial charge is 0.371 e. The molecule has 1 aliphatic heterocycles. The lowest BCUT2D eigenvalue weighted by Gasteiger charge is -2.33. The van der Waals surface area contributed by atoms with Gasteiger partial charge in [-0.1, -0.05) is 30.3 Å². The molecule has 3 rings (SSSR count). The highest BCUT2D eigenvalue weighted by Gasteiger charge is 2.25. The Bertz CT molecular complexity index is 654. The molecule has 1 aliphatic rings. The number of carbonyl (C=O) groups excluding carboxylic acids is 1. The van der Waals surface area contributed by atoms with E-state index in [0.717, 1.165) is 38.2 Å². The Balaban J connectivity index is 1.44. The second kappa shape index (κ2) is 8.11. The van der Waals surface area contributed by atoms with Gasteiger partial charge in [0.05, 0.1) is 12.6 Å². The maximum Gasteiger partial charge on any atom is 0.248 e. The van der Waals surface area contributed by atoms with Gasteiger partial charge in [0, 0.05) is 25.5 Å². The molecule has 1 atom stereocenters. The van der Waals surface area contributed by atoms with E-state index in [9.17, 15) is 4.79 Å². The van der Waals surface area contributed by atoms with E-state index in [1.165, 1.54) is 5.56 Å². The van der Waals surface area contributed by atoms with Crippen LogP contribution in [0.1, 0.15) is 30.3 Å².